The lowest BCUT2D eigenvalue weighted by Gasteiger charge is -2.16. The number of ether oxygens (including phenoxy) is 1. The van der Waals surface area contributed by atoms with Crippen molar-refractivity contribution in [1.29, 1.82) is 0 Å². The monoisotopic (exact) mass is 398 g/mol. The van der Waals surface area contributed by atoms with Gasteiger partial charge in [-0.15, -0.1) is 13.2 Å². The van der Waals surface area contributed by atoms with E-state index >= 15 is 0 Å². The van der Waals surface area contributed by atoms with Gasteiger partial charge < -0.3 is 4.74 Å². The van der Waals surface area contributed by atoms with Crippen LogP contribution in [0, 0.1) is 11.6 Å². The van der Waals surface area contributed by atoms with Gasteiger partial charge in [-0.25, -0.2) is 8.78 Å². The Balaban J connectivity index is 0.00000117. The molecule has 152 valence electrons. The lowest BCUT2D eigenvalue weighted by molar-refractivity contribution is 0.0445. The zero-order chi connectivity index (χ0) is 20.6. The summed E-state index contributed by atoms with van der Waals surface area (Å²) in [5, 5.41) is 10.9. The number of hydrogen-bond acceptors (Lipinski definition) is 4. The number of benzene rings is 2. The Kier molecular flexibility index (Phi) is 7.21. The molecular weight excluding hydrogens is 374 g/mol. The quantitative estimate of drug-likeness (QED) is 0.628. The Bertz CT molecular complexity index is 913. The Labute approximate surface area is 169 Å². The Morgan fingerprint density at radius 1 is 1.07 bits per heavy atom. The number of hydrogen-bond donors (Lipinski definition) is 1. The number of nitrogens with one attached hydrogen (secondary N) is 1. The number of nitrogens with zero attached hydrogens (tertiary/aromatic N) is 3. The van der Waals surface area contributed by atoms with Crippen LogP contribution in [0.4, 0.5) is 8.78 Å². The van der Waals surface area contributed by atoms with Crippen molar-refractivity contribution in [3.8, 4) is 11.3 Å². The third-order valence-electron chi connectivity index (χ3n) is 4.72. The van der Waals surface area contributed by atoms with Gasteiger partial charge in [0, 0.05) is 25.2 Å². The van der Waals surface area contributed by atoms with E-state index < -0.39 is 0 Å². The fraction of sp³-hybridized carbons (Fsp3) is 0.273. The molecule has 2 heterocycles. The minimum Gasteiger partial charge on any atom is -0.370 e. The van der Waals surface area contributed by atoms with E-state index in [1.54, 1.807) is 12.1 Å². The summed E-state index contributed by atoms with van der Waals surface area (Å²) >= 11 is 0. The number of likely N-dealkylation sites (tertiary alicyclic amines) is 1. The van der Waals surface area contributed by atoms with Gasteiger partial charge in [-0.2, -0.15) is 15.4 Å². The standard InChI is InChI=1S/C20H20F2N4O.C2H4/c21-16-6-4-14(5-7-16)11-26-9-8-18(12-26)27-13-19-20(24-25-23-19)15-2-1-3-17(22)10-15;1-2/h1-7,10,18H,8-9,11-13H2,(H,23,24,25);1-2H2. The van der Waals surface area contributed by atoms with Gasteiger partial charge in [0.25, 0.3) is 0 Å². The highest BCUT2D eigenvalue weighted by Gasteiger charge is 2.24. The predicted molar refractivity (Wildman–Crippen MR) is 108 cm³/mol. The molecule has 1 unspecified atom stereocenters. The maximum Gasteiger partial charge on any atom is 0.123 e. The molecule has 29 heavy (non-hydrogen) atoms. The van der Waals surface area contributed by atoms with Crippen LogP contribution in [0.15, 0.2) is 61.7 Å². The van der Waals surface area contributed by atoms with Crippen LogP contribution in [0.25, 0.3) is 11.3 Å². The number of rotatable bonds is 6. The molecule has 1 saturated heterocycles. The predicted octanol–water partition coefficient (Wildman–Crippen LogP) is 4.34. The zero-order valence-electron chi connectivity index (χ0n) is 16.2. The molecule has 1 N–H and O–H groups in total. The molecule has 1 atom stereocenters. The van der Waals surface area contributed by atoms with Crippen LogP contribution in [0.2, 0.25) is 0 Å². The van der Waals surface area contributed by atoms with Crippen molar-refractivity contribution in [3.63, 3.8) is 0 Å². The molecule has 0 aliphatic carbocycles. The average molecular weight is 398 g/mol. The summed E-state index contributed by atoms with van der Waals surface area (Å²) in [6, 6.07) is 12.9. The first-order chi connectivity index (χ1) is 14.2. The lowest BCUT2D eigenvalue weighted by atomic mass is 10.1. The third-order valence-corrected chi connectivity index (χ3v) is 4.72. The molecule has 0 amide bonds. The molecular formula is C22H24F2N4O. The van der Waals surface area contributed by atoms with E-state index in [4.69, 9.17) is 4.74 Å². The van der Waals surface area contributed by atoms with Gasteiger partial charge in [-0.05, 0) is 36.2 Å². The Morgan fingerprint density at radius 3 is 2.62 bits per heavy atom. The Hall–Kier alpha value is -2.90. The van der Waals surface area contributed by atoms with Gasteiger partial charge in [0.05, 0.1) is 12.7 Å². The Morgan fingerprint density at radius 2 is 1.86 bits per heavy atom. The lowest BCUT2D eigenvalue weighted by Crippen LogP contribution is -2.23. The second kappa shape index (κ2) is 10.0. The molecule has 2 aromatic carbocycles. The zero-order valence-corrected chi connectivity index (χ0v) is 16.2. The molecule has 1 aromatic heterocycles. The minimum atomic E-state index is -0.311. The van der Waals surface area contributed by atoms with E-state index in [0.29, 0.717) is 23.6 Å². The van der Waals surface area contributed by atoms with Gasteiger partial charge in [0.1, 0.15) is 23.0 Å². The molecule has 1 fully saturated rings. The van der Waals surface area contributed by atoms with Gasteiger partial charge in [0.2, 0.25) is 0 Å². The molecule has 0 bridgehead atoms. The number of H-pyrrole nitrogens is 1. The molecule has 0 radical (unpaired) electrons. The van der Waals surface area contributed by atoms with Crippen LogP contribution < -0.4 is 0 Å². The number of aromatic nitrogens is 3. The summed E-state index contributed by atoms with van der Waals surface area (Å²) < 4.78 is 32.5. The van der Waals surface area contributed by atoms with Crippen LogP contribution in [0.1, 0.15) is 17.7 Å². The first-order valence-corrected chi connectivity index (χ1v) is 9.41. The molecule has 0 saturated carbocycles. The highest BCUT2D eigenvalue weighted by atomic mass is 19.1. The van der Waals surface area contributed by atoms with Crippen molar-refractivity contribution in [2.75, 3.05) is 13.1 Å². The smallest absolute Gasteiger partial charge is 0.123 e. The second-order valence-electron chi connectivity index (χ2n) is 6.71. The van der Waals surface area contributed by atoms with Gasteiger partial charge >= 0.3 is 0 Å². The normalized spacial score (nSPS) is 16.4. The maximum atomic E-state index is 13.5. The molecule has 3 aromatic rings. The number of halogens is 2. The van der Waals surface area contributed by atoms with Crippen LogP contribution in [0.3, 0.4) is 0 Å². The highest BCUT2D eigenvalue weighted by Crippen LogP contribution is 2.23. The fourth-order valence-corrected chi connectivity index (χ4v) is 3.34. The molecule has 1 aliphatic heterocycles. The third kappa shape index (κ3) is 5.56. The van der Waals surface area contributed by atoms with E-state index in [9.17, 15) is 8.78 Å². The van der Waals surface area contributed by atoms with Crippen molar-refractivity contribution in [3.05, 3.63) is 84.6 Å². The van der Waals surface area contributed by atoms with E-state index in [2.05, 4.69) is 33.5 Å². The van der Waals surface area contributed by atoms with Crippen LogP contribution in [-0.4, -0.2) is 39.5 Å². The number of aromatic amines is 1. The van der Waals surface area contributed by atoms with Crippen molar-refractivity contribution >= 4 is 0 Å². The fourth-order valence-electron chi connectivity index (χ4n) is 3.34. The molecule has 5 nitrogen and oxygen atoms in total. The second-order valence-corrected chi connectivity index (χ2v) is 6.71. The first kappa shape index (κ1) is 20.8. The van der Waals surface area contributed by atoms with Crippen molar-refractivity contribution in [1.82, 2.24) is 20.3 Å². The topological polar surface area (TPSA) is 54.0 Å². The summed E-state index contributed by atoms with van der Waals surface area (Å²) in [6.45, 7) is 8.83. The van der Waals surface area contributed by atoms with Gasteiger partial charge in [0.15, 0.2) is 0 Å². The molecule has 0 spiro atoms. The van der Waals surface area contributed by atoms with Crippen LogP contribution in [0.5, 0.6) is 0 Å². The van der Waals surface area contributed by atoms with Crippen LogP contribution >= 0.6 is 0 Å². The highest BCUT2D eigenvalue weighted by molar-refractivity contribution is 5.60. The van der Waals surface area contributed by atoms with Gasteiger partial charge in [-0.1, -0.05) is 24.3 Å². The maximum absolute atomic E-state index is 13.5. The molecule has 1 aliphatic rings. The van der Waals surface area contributed by atoms with Gasteiger partial charge in [-0.3, -0.25) is 4.90 Å². The summed E-state index contributed by atoms with van der Waals surface area (Å²) in [5.74, 6) is -0.530. The van der Waals surface area contributed by atoms with E-state index in [0.717, 1.165) is 31.6 Å². The average Bonchev–Trinajstić information content (AvgIpc) is 3.39. The van der Waals surface area contributed by atoms with E-state index in [1.807, 2.05) is 12.1 Å². The SMILES string of the molecule is C=C.Fc1ccc(CN2CCC(OCc3n[nH]nc3-c3cccc(F)c3)C2)cc1. The van der Waals surface area contributed by atoms with Crippen molar-refractivity contribution in [2.45, 2.75) is 25.7 Å². The first-order valence-electron chi connectivity index (χ1n) is 9.41. The van der Waals surface area contributed by atoms with Crippen molar-refractivity contribution in [2.24, 2.45) is 0 Å². The summed E-state index contributed by atoms with van der Waals surface area (Å²) in [4.78, 5) is 2.29. The molecule has 4 rings (SSSR count). The van der Waals surface area contributed by atoms with Crippen molar-refractivity contribution < 1.29 is 13.5 Å². The van der Waals surface area contributed by atoms with E-state index in [1.165, 1.54) is 24.3 Å². The largest absolute Gasteiger partial charge is 0.370 e. The molecule has 7 heteroatoms. The van der Waals surface area contributed by atoms with Crippen LogP contribution in [-0.2, 0) is 17.9 Å². The summed E-state index contributed by atoms with van der Waals surface area (Å²) in [5.41, 5.74) is 3.03. The minimum absolute atomic E-state index is 0.0995. The van der Waals surface area contributed by atoms with E-state index in [-0.39, 0.29) is 17.7 Å². The summed E-state index contributed by atoms with van der Waals surface area (Å²) in [6.07, 6.45) is 1.02. The summed E-state index contributed by atoms with van der Waals surface area (Å²) in [7, 11) is 0.